The molecular formula is C23H26ClF2N4O8PS. The Morgan fingerprint density at radius 3 is 2.58 bits per heavy atom. The summed E-state index contributed by atoms with van der Waals surface area (Å²) < 4.78 is 83.7. The van der Waals surface area contributed by atoms with Gasteiger partial charge in [-0.05, 0) is 44.5 Å². The summed E-state index contributed by atoms with van der Waals surface area (Å²) in [6.07, 6.45) is -2.14. The van der Waals surface area contributed by atoms with Crippen molar-refractivity contribution in [3.05, 3.63) is 52.9 Å². The number of ether oxygens (including phenoxy) is 3. The van der Waals surface area contributed by atoms with Crippen LogP contribution in [0.2, 0.25) is 5.28 Å². The van der Waals surface area contributed by atoms with Gasteiger partial charge in [0, 0.05) is 17.8 Å². The zero-order chi connectivity index (χ0) is 29.2. The van der Waals surface area contributed by atoms with Crippen molar-refractivity contribution < 1.29 is 45.8 Å². The van der Waals surface area contributed by atoms with Crippen LogP contribution in [0.15, 0.2) is 30.5 Å². The number of nitrogens with zero attached hydrogens (tertiary/aromatic N) is 3. The van der Waals surface area contributed by atoms with Crippen LogP contribution in [0.25, 0.3) is 11.0 Å². The van der Waals surface area contributed by atoms with Gasteiger partial charge in [0.2, 0.25) is 5.28 Å². The predicted octanol–water partition coefficient (Wildman–Crippen LogP) is 3.50. The van der Waals surface area contributed by atoms with E-state index in [1.165, 1.54) is 6.07 Å². The van der Waals surface area contributed by atoms with Crippen molar-refractivity contribution in [3.63, 3.8) is 0 Å². The van der Waals surface area contributed by atoms with E-state index in [2.05, 4.69) is 15.3 Å². The molecule has 3 N–H and O–H groups in total. The van der Waals surface area contributed by atoms with Crippen LogP contribution in [0.5, 0.6) is 0 Å². The number of benzene rings is 1. The lowest BCUT2D eigenvalue weighted by molar-refractivity contribution is -0.193. The standard InChI is InChI=1S/C23H26ClF2N4O8PS/c1-11(13-5-4-12(25)8-15(13)26)27-19-14-6-7-30(20(14)29-22(24)28-19)21-18-17(37-23(2,3)38-18)16(36-21)9-40(34,35)10-39(31,32)33/h4-8,11,16-18,21H,9-10H2,1-3H3,(H,27,28,29)(H2,31,32,33)/t11?,16-,17-,18-,21-/m1/s1. The number of nitrogens with one attached hydrogen (secondary N) is 1. The summed E-state index contributed by atoms with van der Waals surface area (Å²) in [5.41, 5.74) is -0.850. The van der Waals surface area contributed by atoms with E-state index >= 15 is 0 Å². The maximum absolute atomic E-state index is 14.4. The number of hydrogen-bond donors (Lipinski definition) is 3. The Kier molecular flexibility index (Phi) is 7.50. The molecule has 218 valence electrons. The number of fused-ring (bicyclic) bond motifs is 2. The number of anilines is 1. The average Bonchev–Trinajstić information content (AvgIpc) is 3.43. The molecule has 2 aliphatic heterocycles. The van der Waals surface area contributed by atoms with Crippen molar-refractivity contribution in [1.82, 2.24) is 14.5 Å². The van der Waals surface area contributed by atoms with Gasteiger partial charge in [0.1, 0.15) is 41.4 Å². The average molecular weight is 623 g/mol. The molecular weight excluding hydrogens is 597 g/mol. The first-order valence-corrected chi connectivity index (χ1v) is 16.0. The summed E-state index contributed by atoms with van der Waals surface area (Å²) in [4.78, 5) is 26.9. The number of hydrogen-bond acceptors (Lipinski definition) is 9. The Morgan fingerprint density at radius 2 is 1.90 bits per heavy atom. The first-order chi connectivity index (χ1) is 18.5. The van der Waals surface area contributed by atoms with Gasteiger partial charge in [0.25, 0.3) is 0 Å². The smallest absolute Gasteiger partial charge is 0.340 e. The SMILES string of the molecule is CC(Nc1nc(Cl)nc2c1ccn2[C@@H]1O[C@H](CS(=O)(=O)CP(=O)(O)O)[C@H]2OC(C)(C)O[C@H]21)c1ccc(F)cc1F. The molecule has 5 rings (SSSR count). The van der Waals surface area contributed by atoms with Crippen LogP contribution >= 0.6 is 19.2 Å². The normalized spacial score (nSPS) is 25.3. The molecule has 0 radical (unpaired) electrons. The second-order valence-electron chi connectivity index (χ2n) is 10.2. The fourth-order valence-corrected chi connectivity index (χ4v) is 8.44. The van der Waals surface area contributed by atoms with E-state index in [1.807, 2.05) is 0 Å². The van der Waals surface area contributed by atoms with E-state index in [4.69, 9.17) is 25.8 Å². The van der Waals surface area contributed by atoms with Gasteiger partial charge in [0.15, 0.2) is 27.3 Å². The highest BCUT2D eigenvalue weighted by molar-refractivity contribution is 7.97. The minimum atomic E-state index is -4.85. The summed E-state index contributed by atoms with van der Waals surface area (Å²) >= 11 is 6.23. The molecule has 0 amide bonds. The van der Waals surface area contributed by atoms with Gasteiger partial charge in [-0.15, -0.1) is 0 Å². The molecule has 0 aliphatic carbocycles. The third-order valence-electron chi connectivity index (χ3n) is 6.51. The predicted molar refractivity (Wildman–Crippen MR) is 139 cm³/mol. The van der Waals surface area contributed by atoms with Crippen molar-refractivity contribution in [2.75, 3.05) is 16.6 Å². The molecule has 0 spiro atoms. The van der Waals surface area contributed by atoms with Gasteiger partial charge >= 0.3 is 7.60 Å². The summed E-state index contributed by atoms with van der Waals surface area (Å²) in [6.45, 7) is 4.96. The van der Waals surface area contributed by atoms with Crippen molar-refractivity contribution >= 4 is 45.9 Å². The van der Waals surface area contributed by atoms with E-state index < -0.39 is 76.7 Å². The molecule has 1 aromatic carbocycles. The fraction of sp³-hybridized carbons (Fsp3) is 0.478. The van der Waals surface area contributed by atoms with E-state index in [-0.39, 0.29) is 22.3 Å². The molecule has 12 nitrogen and oxygen atoms in total. The van der Waals surface area contributed by atoms with Gasteiger partial charge in [-0.1, -0.05) is 6.07 Å². The molecule has 0 bridgehead atoms. The maximum Gasteiger partial charge on any atom is 0.340 e. The Hall–Kier alpha value is -2.23. The van der Waals surface area contributed by atoms with Crippen molar-refractivity contribution in [2.24, 2.45) is 0 Å². The van der Waals surface area contributed by atoms with Crippen LogP contribution in [-0.2, 0) is 28.6 Å². The van der Waals surface area contributed by atoms with Crippen molar-refractivity contribution in [3.8, 4) is 0 Å². The maximum atomic E-state index is 14.4. The topological polar surface area (TPSA) is 162 Å². The van der Waals surface area contributed by atoms with Crippen LogP contribution in [0.4, 0.5) is 14.6 Å². The molecule has 2 fully saturated rings. The lowest BCUT2D eigenvalue weighted by Crippen LogP contribution is -2.35. The quantitative estimate of drug-likeness (QED) is 0.249. The molecule has 1 unspecified atom stereocenters. The molecule has 4 heterocycles. The second-order valence-corrected chi connectivity index (χ2v) is 14.7. The van der Waals surface area contributed by atoms with Crippen LogP contribution in [-0.4, -0.2) is 68.1 Å². The van der Waals surface area contributed by atoms with Crippen molar-refractivity contribution in [1.29, 1.82) is 0 Å². The number of rotatable bonds is 8. The number of halogens is 3. The summed E-state index contributed by atoms with van der Waals surface area (Å²) in [5, 5.41) is 3.38. The van der Waals surface area contributed by atoms with Crippen LogP contribution in [0.1, 0.15) is 38.6 Å². The van der Waals surface area contributed by atoms with Crippen molar-refractivity contribution in [2.45, 2.75) is 57.1 Å². The Balaban J connectivity index is 1.47. The van der Waals surface area contributed by atoms with E-state index in [0.29, 0.717) is 5.39 Å². The molecule has 5 atom stereocenters. The first kappa shape index (κ1) is 29.3. The monoisotopic (exact) mass is 622 g/mol. The van der Waals surface area contributed by atoms with E-state index in [9.17, 15) is 31.6 Å². The third kappa shape index (κ3) is 6.02. The highest BCUT2D eigenvalue weighted by atomic mass is 35.5. The highest BCUT2D eigenvalue weighted by Gasteiger charge is 2.57. The lowest BCUT2D eigenvalue weighted by Gasteiger charge is -2.25. The molecule has 2 saturated heterocycles. The second kappa shape index (κ2) is 10.2. The summed E-state index contributed by atoms with van der Waals surface area (Å²) in [6, 6.07) is 4.26. The Labute approximate surface area is 232 Å². The Bertz CT molecular complexity index is 1620. The molecule has 2 aromatic heterocycles. The molecule has 40 heavy (non-hydrogen) atoms. The number of aromatic nitrogens is 3. The molecule has 0 saturated carbocycles. The van der Waals surface area contributed by atoms with E-state index in [1.54, 1.807) is 37.6 Å². The highest BCUT2D eigenvalue weighted by Crippen LogP contribution is 2.45. The van der Waals surface area contributed by atoms with Gasteiger partial charge in [0.05, 0.1) is 17.2 Å². The molecule has 2 aliphatic rings. The largest absolute Gasteiger partial charge is 0.363 e. The van der Waals surface area contributed by atoms with Gasteiger partial charge in [-0.2, -0.15) is 4.98 Å². The van der Waals surface area contributed by atoms with Gasteiger partial charge in [-0.3, -0.25) is 4.57 Å². The van der Waals surface area contributed by atoms with Crippen LogP contribution in [0, 0.1) is 11.6 Å². The summed E-state index contributed by atoms with van der Waals surface area (Å²) in [5.74, 6) is -3.00. The molecule has 17 heteroatoms. The van der Waals surface area contributed by atoms with Gasteiger partial charge in [-0.25, -0.2) is 22.2 Å². The zero-order valence-corrected chi connectivity index (χ0v) is 23.8. The van der Waals surface area contributed by atoms with Gasteiger partial charge < -0.3 is 33.9 Å². The third-order valence-corrected chi connectivity index (χ3v) is 10.4. The van der Waals surface area contributed by atoms with E-state index in [0.717, 1.165) is 12.1 Å². The lowest BCUT2D eigenvalue weighted by atomic mass is 10.1. The minimum Gasteiger partial charge on any atom is -0.363 e. The zero-order valence-electron chi connectivity index (χ0n) is 21.4. The summed E-state index contributed by atoms with van der Waals surface area (Å²) in [7, 11) is -9.08. The number of sulfone groups is 1. The first-order valence-electron chi connectivity index (χ1n) is 12.0. The van der Waals surface area contributed by atoms with Crippen LogP contribution in [0.3, 0.4) is 0 Å². The van der Waals surface area contributed by atoms with Crippen LogP contribution < -0.4 is 5.32 Å². The minimum absolute atomic E-state index is 0.152. The Morgan fingerprint density at radius 1 is 1.20 bits per heavy atom. The molecule has 3 aromatic rings. The fourth-order valence-electron chi connectivity index (χ4n) is 5.03.